The fourth-order valence-corrected chi connectivity index (χ4v) is 1.03. The van der Waals surface area contributed by atoms with E-state index in [2.05, 4.69) is 18.0 Å². The van der Waals surface area contributed by atoms with Gasteiger partial charge in [0.15, 0.2) is 11.8 Å². The van der Waals surface area contributed by atoms with Crippen LogP contribution in [0.25, 0.3) is 0 Å². The van der Waals surface area contributed by atoms with Gasteiger partial charge in [-0.3, -0.25) is 5.32 Å². The summed E-state index contributed by atoms with van der Waals surface area (Å²) in [5.41, 5.74) is -0.850. The molecule has 13 heavy (non-hydrogen) atoms. The van der Waals surface area contributed by atoms with Crippen molar-refractivity contribution in [2.45, 2.75) is 18.8 Å². The van der Waals surface area contributed by atoms with E-state index in [4.69, 9.17) is 14.7 Å². The van der Waals surface area contributed by atoms with E-state index in [1.807, 2.05) is 0 Å². The average Bonchev–Trinajstić information content (AvgIpc) is 2.16. The second-order valence-corrected chi connectivity index (χ2v) is 2.79. The minimum atomic E-state index is -0.850. The molecule has 0 aliphatic carbocycles. The lowest BCUT2D eigenvalue weighted by Gasteiger charge is -2.29. The molecule has 0 fully saturated rings. The lowest BCUT2D eigenvalue weighted by Crippen LogP contribution is -2.52. The topological polar surface area (TPSA) is 54.3 Å². The molecular formula is C9H16N2O2. The maximum Gasteiger partial charge on any atom is 0.188 e. The molecular weight excluding hydrogens is 168 g/mol. The molecule has 4 nitrogen and oxygen atoms in total. The van der Waals surface area contributed by atoms with Crippen LogP contribution < -0.4 is 5.32 Å². The molecule has 0 aromatic rings. The molecule has 0 aromatic heterocycles. The lowest BCUT2D eigenvalue weighted by molar-refractivity contribution is -0.136. The average molecular weight is 184 g/mol. The molecule has 0 bridgehead atoms. The number of hydrogen-bond donors (Lipinski definition) is 1. The maximum absolute atomic E-state index is 8.94. The maximum atomic E-state index is 8.94. The quantitative estimate of drug-likeness (QED) is 0.487. The molecule has 0 aliphatic heterocycles. The summed E-state index contributed by atoms with van der Waals surface area (Å²) in [6.07, 6.45) is 1.09. The first-order valence-corrected chi connectivity index (χ1v) is 3.97. The van der Waals surface area contributed by atoms with Crippen molar-refractivity contribution >= 4 is 0 Å². The molecule has 0 spiro atoms. The van der Waals surface area contributed by atoms with E-state index >= 15 is 0 Å². The second kappa shape index (κ2) is 5.70. The van der Waals surface area contributed by atoms with Crippen LogP contribution in [0.2, 0.25) is 0 Å². The number of nitrogens with one attached hydrogen (secondary N) is 1. The first kappa shape index (κ1) is 12.1. The number of nitrogens with zero attached hydrogens (tertiary/aromatic N) is 1. The highest BCUT2D eigenvalue weighted by Crippen LogP contribution is 2.12. The third-order valence-corrected chi connectivity index (χ3v) is 1.75. The normalized spacial score (nSPS) is 15.0. The molecule has 1 atom stereocenters. The van der Waals surface area contributed by atoms with Crippen LogP contribution in [0, 0.1) is 11.3 Å². The predicted molar refractivity (Wildman–Crippen MR) is 50.0 cm³/mol. The summed E-state index contributed by atoms with van der Waals surface area (Å²) in [5.74, 6) is 0. The molecule has 0 aromatic carbocycles. The Kier molecular flexibility index (Phi) is 5.31. The van der Waals surface area contributed by atoms with Crippen molar-refractivity contribution < 1.29 is 9.47 Å². The summed E-state index contributed by atoms with van der Waals surface area (Å²) in [6.45, 7) is 5.81. The molecule has 4 heteroatoms. The summed E-state index contributed by atoms with van der Waals surface area (Å²) in [7, 11) is 3.00. The number of methoxy groups -OCH3 is 2. The van der Waals surface area contributed by atoms with Gasteiger partial charge in [0.2, 0.25) is 0 Å². The number of rotatable bonds is 6. The van der Waals surface area contributed by atoms with Gasteiger partial charge in [0, 0.05) is 20.8 Å². The van der Waals surface area contributed by atoms with Crippen LogP contribution in [0.3, 0.4) is 0 Å². The molecule has 0 saturated heterocycles. The van der Waals surface area contributed by atoms with Crippen molar-refractivity contribution in [2.24, 2.45) is 0 Å². The smallest absolute Gasteiger partial charge is 0.188 e. The van der Waals surface area contributed by atoms with Gasteiger partial charge in [0.1, 0.15) is 0 Å². The van der Waals surface area contributed by atoms with Crippen molar-refractivity contribution in [3.8, 4) is 6.07 Å². The standard InChI is InChI=1S/C9H16N2O2/c1-5-6-11-9(2,7-10)8(12-3)13-4/h5,8,11H,1,6H2,2-4H3. The zero-order chi connectivity index (χ0) is 10.3. The number of ether oxygens (including phenoxy) is 2. The Morgan fingerprint density at radius 2 is 2.15 bits per heavy atom. The highest BCUT2D eigenvalue weighted by atomic mass is 16.7. The van der Waals surface area contributed by atoms with Gasteiger partial charge in [-0.05, 0) is 6.92 Å². The van der Waals surface area contributed by atoms with Crippen LogP contribution in [0.15, 0.2) is 12.7 Å². The Bertz CT molecular complexity index is 196. The molecule has 0 heterocycles. The summed E-state index contributed by atoms with van der Waals surface area (Å²) in [4.78, 5) is 0. The van der Waals surface area contributed by atoms with Crippen molar-refractivity contribution in [1.82, 2.24) is 5.32 Å². The first-order chi connectivity index (χ1) is 6.14. The van der Waals surface area contributed by atoms with Crippen LogP contribution in [0.5, 0.6) is 0 Å². The summed E-state index contributed by atoms with van der Waals surface area (Å²) < 4.78 is 10.0. The van der Waals surface area contributed by atoms with Crippen molar-refractivity contribution in [2.75, 3.05) is 20.8 Å². The van der Waals surface area contributed by atoms with Crippen LogP contribution in [-0.4, -0.2) is 32.6 Å². The zero-order valence-corrected chi connectivity index (χ0v) is 8.33. The molecule has 74 valence electrons. The van der Waals surface area contributed by atoms with E-state index in [9.17, 15) is 0 Å². The zero-order valence-electron chi connectivity index (χ0n) is 8.33. The lowest BCUT2D eigenvalue weighted by atomic mass is 10.0. The highest BCUT2D eigenvalue weighted by Gasteiger charge is 2.34. The fourth-order valence-electron chi connectivity index (χ4n) is 1.03. The monoisotopic (exact) mass is 184 g/mol. The largest absolute Gasteiger partial charge is 0.353 e. The summed E-state index contributed by atoms with van der Waals surface area (Å²) in [5, 5.41) is 11.9. The minimum Gasteiger partial charge on any atom is -0.353 e. The first-order valence-electron chi connectivity index (χ1n) is 3.97. The minimum absolute atomic E-state index is 0.535. The van der Waals surface area contributed by atoms with Gasteiger partial charge in [-0.25, -0.2) is 0 Å². The second-order valence-electron chi connectivity index (χ2n) is 2.79. The Labute approximate surface area is 79.1 Å². The molecule has 0 radical (unpaired) electrons. The number of hydrogen-bond acceptors (Lipinski definition) is 4. The molecule has 0 rings (SSSR count). The van der Waals surface area contributed by atoms with E-state index < -0.39 is 11.8 Å². The van der Waals surface area contributed by atoms with Gasteiger partial charge < -0.3 is 9.47 Å². The van der Waals surface area contributed by atoms with E-state index in [0.717, 1.165) is 0 Å². The third kappa shape index (κ3) is 3.15. The van der Waals surface area contributed by atoms with Gasteiger partial charge >= 0.3 is 0 Å². The van der Waals surface area contributed by atoms with Crippen LogP contribution in [0.1, 0.15) is 6.92 Å². The van der Waals surface area contributed by atoms with Crippen LogP contribution >= 0.6 is 0 Å². The van der Waals surface area contributed by atoms with E-state index in [1.165, 1.54) is 14.2 Å². The molecule has 0 amide bonds. The van der Waals surface area contributed by atoms with Gasteiger partial charge in [-0.1, -0.05) is 6.08 Å². The summed E-state index contributed by atoms with van der Waals surface area (Å²) in [6, 6.07) is 2.11. The molecule has 0 aliphatic rings. The molecule has 1 N–H and O–H groups in total. The van der Waals surface area contributed by atoms with Gasteiger partial charge in [0.05, 0.1) is 6.07 Å². The van der Waals surface area contributed by atoms with Crippen molar-refractivity contribution in [3.63, 3.8) is 0 Å². The Morgan fingerprint density at radius 3 is 2.46 bits per heavy atom. The Balaban J connectivity index is 4.41. The molecule has 0 saturated carbocycles. The predicted octanol–water partition coefficient (Wildman–Crippen LogP) is 0.663. The van der Waals surface area contributed by atoms with Gasteiger partial charge in [0.25, 0.3) is 0 Å². The van der Waals surface area contributed by atoms with Crippen molar-refractivity contribution in [1.29, 1.82) is 5.26 Å². The fraction of sp³-hybridized carbons (Fsp3) is 0.667. The Hall–Kier alpha value is -0.890. The SMILES string of the molecule is C=CCNC(C)(C#N)C(OC)OC. The summed E-state index contributed by atoms with van der Waals surface area (Å²) >= 11 is 0. The van der Waals surface area contributed by atoms with Crippen LogP contribution in [0.4, 0.5) is 0 Å². The van der Waals surface area contributed by atoms with E-state index in [1.54, 1.807) is 13.0 Å². The Morgan fingerprint density at radius 1 is 1.62 bits per heavy atom. The third-order valence-electron chi connectivity index (χ3n) is 1.75. The van der Waals surface area contributed by atoms with Crippen LogP contribution in [-0.2, 0) is 9.47 Å². The van der Waals surface area contributed by atoms with E-state index in [0.29, 0.717) is 6.54 Å². The molecule has 1 unspecified atom stereocenters. The number of nitriles is 1. The highest BCUT2D eigenvalue weighted by molar-refractivity contribution is 5.07. The van der Waals surface area contributed by atoms with Crippen molar-refractivity contribution in [3.05, 3.63) is 12.7 Å². The van der Waals surface area contributed by atoms with Gasteiger partial charge in [-0.2, -0.15) is 5.26 Å². The van der Waals surface area contributed by atoms with E-state index in [-0.39, 0.29) is 0 Å². The van der Waals surface area contributed by atoms with Gasteiger partial charge in [-0.15, -0.1) is 6.58 Å².